The van der Waals surface area contributed by atoms with Gasteiger partial charge >= 0.3 is 88.7 Å². The molecule has 11 nitrogen and oxygen atoms in total. The molecular weight excluding hydrogens is 535 g/mol. The first-order valence-corrected chi connectivity index (χ1v) is 11.6. The minimum atomic E-state index is -1.51. The molecule has 0 aliphatic carbocycles. The first-order chi connectivity index (χ1) is 16.0. The topological polar surface area (TPSA) is 194 Å². The van der Waals surface area contributed by atoms with Gasteiger partial charge < -0.3 is 45.4 Å². The molecule has 184 valence electrons. The van der Waals surface area contributed by atoms with Crippen LogP contribution >= 0.6 is 11.8 Å². The molecule has 37 heavy (non-hydrogen) atoms. The van der Waals surface area contributed by atoms with Crippen molar-refractivity contribution < 1.29 is 128 Å². The van der Waals surface area contributed by atoms with Gasteiger partial charge in [-0.05, 0) is 37.0 Å². The summed E-state index contributed by atoms with van der Waals surface area (Å²) in [5.41, 5.74) is -0.0485. The molecule has 0 spiro atoms. The van der Waals surface area contributed by atoms with E-state index in [9.17, 15) is 39.6 Å². The number of aliphatic carboxylic acids is 2. The maximum Gasteiger partial charge on any atom is 1.00 e. The summed E-state index contributed by atoms with van der Waals surface area (Å²) in [6.07, 6.45) is -0.935. The van der Waals surface area contributed by atoms with Gasteiger partial charge in [0.15, 0.2) is 0 Å². The summed E-state index contributed by atoms with van der Waals surface area (Å²) in [5.74, 6) is -6.67. The van der Waals surface area contributed by atoms with E-state index in [-0.39, 0.29) is 111 Å². The second kappa shape index (κ2) is 16.3. The summed E-state index contributed by atoms with van der Waals surface area (Å²) >= 11 is 1.26. The van der Waals surface area contributed by atoms with E-state index in [0.717, 1.165) is 0 Å². The number of hydrogen-bond acceptors (Lipinski definition) is 11. The number of carboxylic acid groups (broad SMARTS) is 3. The summed E-state index contributed by atoms with van der Waals surface area (Å²) in [6, 6.07) is 4.07. The van der Waals surface area contributed by atoms with E-state index in [1.165, 1.54) is 36.9 Å². The molecule has 1 aromatic rings. The number of aromatic carboxylic acids is 1. The van der Waals surface area contributed by atoms with Crippen LogP contribution in [-0.2, 0) is 14.4 Å². The molecule has 1 saturated heterocycles. The largest absolute Gasteiger partial charge is 1.00 e. The van der Waals surface area contributed by atoms with E-state index in [0.29, 0.717) is 18.7 Å². The first-order valence-electron chi connectivity index (χ1n) is 10.7. The number of amides is 1. The molecule has 1 amide bonds. The van der Waals surface area contributed by atoms with E-state index < -0.39 is 53.2 Å². The molecule has 3 rings (SSSR count). The number of nitrogens with zero attached hydrogens (tertiary/aromatic N) is 1. The zero-order chi connectivity index (χ0) is 25.2. The Morgan fingerprint density at radius 3 is 2.32 bits per heavy atom. The number of thioether (sulfide) groups is 1. The van der Waals surface area contributed by atoms with Gasteiger partial charge in [0.25, 0.3) is 0 Å². The van der Waals surface area contributed by atoms with Crippen molar-refractivity contribution in [3.8, 4) is 0 Å². The van der Waals surface area contributed by atoms with Crippen LogP contribution in [0.4, 0.5) is 5.69 Å². The van der Waals surface area contributed by atoms with Crippen LogP contribution in [-0.4, -0.2) is 69.9 Å². The van der Waals surface area contributed by atoms with Gasteiger partial charge in [-0.2, -0.15) is 0 Å². The molecule has 1 fully saturated rings. The molecule has 2 aliphatic heterocycles. The van der Waals surface area contributed by atoms with Crippen molar-refractivity contribution in [1.82, 2.24) is 5.32 Å². The molecule has 3 N–H and O–H groups in total. The Labute approximate surface area is 284 Å². The van der Waals surface area contributed by atoms with Crippen molar-refractivity contribution in [3.05, 3.63) is 29.8 Å². The van der Waals surface area contributed by atoms with Gasteiger partial charge in [-0.25, -0.2) is 0 Å². The number of aliphatic imine (C=N–C) groups is 1. The standard InChI is InChI=1S/C22H27N3O8S.3Na/c1-9-16(15(10(2)26)21(30)31)25-17(22(32)33)18(9)34-13-7-14(23-8-13)19(27)24-12-5-3-4-11(6-12)20(28)29;;;/h3-6,9-10,13-16,18,23,26H,7-8H2,1-2H3,(H,24,27)(H,28,29)(H,30,31)(H,32,33);;;/q;3*+1/p-3/t9-,10-,13+,14+,15-,16?,18?;;;/m1.../s1. The average molecular weight is 559 g/mol. The number of nitrogens with one attached hydrogen (secondary N) is 2. The van der Waals surface area contributed by atoms with E-state index in [4.69, 9.17) is 0 Å². The Bertz CT molecular complexity index is 1030. The maximum atomic E-state index is 12.6. The Balaban J connectivity index is 0.00000432. The van der Waals surface area contributed by atoms with Crippen molar-refractivity contribution in [3.63, 3.8) is 0 Å². The Kier molecular flexibility index (Phi) is 16.4. The summed E-state index contributed by atoms with van der Waals surface area (Å²) in [4.78, 5) is 50.9. The number of aliphatic hydroxyl groups excluding tert-OH is 1. The van der Waals surface area contributed by atoms with Crippen LogP contribution in [0.25, 0.3) is 0 Å². The molecule has 0 radical (unpaired) electrons. The van der Waals surface area contributed by atoms with Crippen molar-refractivity contribution in [2.24, 2.45) is 16.8 Å². The van der Waals surface area contributed by atoms with Crippen LogP contribution in [0.3, 0.4) is 0 Å². The predicted molar refractivity (Wildman–Crippen MR) is 117 cm³/mol. The smallest absolute Gasteiger partial charge is 0.550 e. The summed E-state index contributed by atoms with van der Waals surface area (Å²) in [6.45, 7) is 3.34. The quantitative estimate of drug-likeness (QED) is 0.245. The maximum absolute atomic E-state index is 12.6. The predicted octanol–water partition coefficient (Wildman–Crippen LogP) is -12.2. The van der Waals surface area contributed by atoms with E-state index in [1.54, 1.807) is 13.0 Å². The van der Waals surface area contributed by atoms with E-state index in [1.807, 2.05) is 0 Å². The Hall–Kier alpha value is 0.0400. The van der Waals surface area contributed by atoms with Crippen molar-refractivity contribution in [2.45, 2.75) is 49.0 Å². The van der Waals surface area contributed by atoms with Crippen LogP contribution in [0.2, 0.25) is 0 Å². The Morgan fingerprint density at radius 2 is 1.78 bits per heavy atom. The molecule has 2 unspecified atom stereocenters. The zero-order valence-electron chi connectivity index (χ0n) is 21.4. The molecule has 15 heteroatoms. The van der Waals surface area contributed by atoms with Crippen molar-refractivity contribution in [1.29, 1.82) is 0 Å². The molecule has 2 heterocycles. The van der Waals surface area contributed by atoms with Gasteiger partial charge in [0.2, 0.25) is 5.91 Å². The van der Waals surface area contributed by atoms with Crippen LogP contribution in [0.5, 0.6) is 0 Å². The first kappa shape index (κ1) is 37.0. The minimum Gasteiger partial charge on any atom is -0.550 e. The molecule has 1 aromatic carbocycles. The number of benzene rings is 1. The SMILES string of the molecule is C[C@H]1C(S[C@@H]2CN[C@H](C(=O)Nc3cccc(C(=O)[O-])c3)C2)C(C(=O)[O-])=NC1[C@H](C(=O)[O-])[C@@H](C)O.[Na+].[Na+].[Na+]. The third-order valence-electron chi connectivity index (χ3n) is 6.05. The average Bonchev–Trinajstić information content (AvgIpc) is 3.34. The van der Waals surface area contributed by atoms with Gasteiger partial charge in [0.1, 0.15) is 0 Å². The third-order valence-corrected chi connectivity index (χ3v) is 7.74. The molecule has 7 atom stereocenters. The minimum absolute atomic E-state index is 0. The fourth-order valence-corrected chi connectivity index (χ4v) is 5.94. The van der Waals surface area contributed by atoms with Crippen LogP contribution in [0.1, 0.15) is 30.6 Å². The van der Waals surface area contributed by atoms with Crippen molar-refractivity contribution in [2.75, 3.05) is 11.9 Å². The van der Waals surface area contributed by atoms with Crippen LogP contribution in [0, 0.1) is 11.8 Å². The third kappa shape index (κ3) is 9.29. The summed E-state index contributed by atoms with van der Waals surface area (Å²) < 4.78 is 0. The number of hydrogen-bond donors (Lipinski definition) is 3. The molecule has 2 aliphatic rings. The van der Waals surface area contributed by atoms with Crippen LogP contribution in [0.15, 0.2) is 29.3 Å². The van der Waals surface area contributed by atoms with Gasteiger partial charge in [-0.1, -0.05) is 19.1 Å². The summed E-state index contributed by atoms with van der Waals surface area (Å²) in [5, 5.41) is 48.9. The molecule has 0 aromatic heterocycles. The number of rotatable bonds is 9. The molecular formula is C22H24N3Na3O8S. The molecule has 0 bridgehead atoms. The second-order valence-electron chi connectivity index (χ2n) is 8.47. The van der Waals surface area contributed by atoms with E-state index in [2.05, 4.69) is 15.6 Å². The monoisotopic (exact) mass is 559 g/mol. The number of aliphatic hydroxyl groups is 1. The van der Waals surface area contributed by atoms with Gasteiger partial charge in [-0.3, -0.25) is 9.79 Å². The van der Waals surface area contributed by atoms with Gasteiger partial charge in [0, 0.05) is 29.4 Å². The van der Waals surface area contributed by atoms with Crippen LogP contribution < -0.4 is 115 Å². The fourth-order valence-electron chi connectivity index (χ4n) is 4.33. The van der Waals surface area contributed by atoms with Crippen molar-refractivity contribution >= 4 is 47.0 Å². The van der Waals surface area contributed by atoms with Gasteiger partial charge in [-0.15, -0.1) is 11.8 Å². The number of anilines is 1. The number of carboxylic acids is 3. The summed E-state index contributed by atoms with van der Waals surface area (Å²) in [7, 11) is 0. The number of carbonyl (C=O) groups is 4. The normalized spacial score (nSPS) is 25.8. The fraction of sp³-hybridized carbons (Fsp3) is 0.500. The molecule has 0 saturated carbocycles. The zero-order valence-corrected chi connectivity index (χ0v) is 28.2. The van der Waals surface area contributed by atoms with Gasteiger partial charge in [0.05, 0.1) is 41.1 Å². The second-order valence-corrected chi connectivity index (χ2v) is 9.92. The Morgan fingerprint density at radius 1 is 1.14 bits per heavy atom. The number of carbonyl (C=O) groups excluding carboxylic acids is 4. The van der Waals surface area contributed by atoms with E-state index >= 15 is 0 Å².